The highest BCUT2D eigenvalue weighted by Gasteiger charge is 2.22. The quantitative estimate of drug-likeness (QED) is 0.892. The van der Waals surface area contributed by atoms with Gasteiger partial charge in [-0.2, -0.15) is 0 Å². The summed E-state index contributed by atoms with van der Waals surface area (Å²) in [4.78, 5) is 27.3. The van der Waals surface area contributed by atoms with Crippen molar-refractivity contribution >= 4 is 29.1 Å². The van der Waals surface area contributed by atoms with E-state index >= 15 is 0 Å². The lowest BCUT2D eigenvalue weighted by atomic mass is 10.2. The van der Waals surface area contributed by atoms with Crippen LogP contribution in [0.15, 0.2) is 34.9 Å². The summed E-state index contributed by atoms with van der Waals surface area (Å²) in [6.45, 7) is 5.99. The van der Waals surface area contributed by atoms with E-state index < -0.39 is 0 Å². The molecule has 3 amide bonds. The summed E-state index contributed by atoms with van der Waals surface area (Å²) in [6.07, 6.45) is 0. The van der Waals surface area contributed by atoms with Gasteiger partial charge in [-0.25, -0.2) is 4.79 Å². The molecule has 0 bridgehead atoms. The molecule has 25 heavy (non-hydrogen) atoms. The van der Waals surface area contributed by atoms with Crippen molar-refractivity contribution in [2.24, 2.45) is 0 Å². The van der Waals surface area contributed by atoms with Gasteiger partial charge in [-0.05, 0) is 31.2 Å². The van der Waals surface area contributed by atoms with Gasteiger partial charge in [0, 0.05) is 50.5 Å². The number of carbonyl (C=O) groups is 2. The maximum Gasteiger partial charge on any atom is 0.323 e. The molecule has 1 aromatic carbocycles. The first-order valence-corrected chi connectivity index (χ1v) is 8.13. The summed E-state index contributed by atoms with van der Waals surface area (Å²) in [5.41, 5.74) is 1.85. The zero-order valence-electron chi connectivity index (χ0n) is 14.3. The fourth-order valence-corrected chi connectivity index (χ4v) is 2.74. The number of hydrogen-bond donors (Lipinski definition) is 2. The Morgan fingerprint density at radius 3 is 2.32 bits per heavy atom. The molecule has 1 saturated heterocycles. The standard InChI is InChI=1S/C17H21N5O3/c1-12-11-16(20-25-12)19-17(24)22-9-7-21(8-10-22)15-5-3-14(4-6-15)18-13(2)23/h3-6,11H,7-10H2,1-2H3,(H,18,23)(H,19,20,24). The predicted octanol–water partition coefficient (Wildman–Crippen LogP) is 2.30. The van der Waals surface area contributed by atoms with Crippen LogP contribution in [0.5, 0.6) is 0 Å². The van der Waals surface area contributed by atoms with Crippen molar-refractivity contribution in [3.63, 3.8) is 0 Å². The Balaban J connectivity index is 1.52. The van der Waals surface area contributed by atoms with Gasteiger partial charge in [0.1, 0.15) is 5.76 Å². The molecule has 2 N–H and O–H groups in total. The number of hydrogen-bond acceptors (Lipinski definition) is 5. The second-order valence-electron chi connectivity index (χ2n) is 5.96. The number of aromatic nitrogens is 1. The molecule has 2 heterocycles. The van der Waals surface area contributed by atoms with Gasteiger partial charge < -0.3 is 19.6 Å². The number of aryl methyl sites for hydroxylation is 1. The Kier molecular flexibility index (Phi) is 4.87. The maximum absolute atomic E-state index is 12.2. The molecule has 132 valence electrons. The maximum atomic E-state index is 12.2. The van der Waals surface area contributed by atoms with E-state index in [2.05, 4.69) is 20.7 Å². The number of nitrogens with one attached hydrogen (secondary N) is 2. The van der Waals surface area contributed by atoms with Crippen LogP contribution in [0.3, 0.4) is 0 Å². The third kappa shape index (κ3) is 4.28. The normalized spacial score (nSPS) is 14.3. The SMILES string of the molecule is CC(=O)Nc1ccc(N2CCN(C(=O)Nc3cc(C)on3)CC2)cc1. The van der Waals surface area contributed by atoms with Crippen molar-refractivity contribution in [3.05, 3.63) is 36.1 Å². The summed E-state index contributed by atoms with van der Waals surface area (Å²) >= 11 is 0. The second kappa shape index (κ2) is 7.25. The van der Waals surface area contributed by atoms with Crippen molar-refractivity contribution in [1.82, 2.24) is 10.1 Å². The van der Waals surface area contributed by atoms with Crippen LogP contribution in [0.25, 0.3) is 0 Å². The van der Waals surface area contributed by atoms with E-state index in [9.17, 15) is 9.59 Å². The molecule has 0 aliphatic carbocycles. The molecule has 2 aromatic rings. The zero-order chi connectivity index (χ0) is 17.8. The number of nitrogens with zero attached hydrogens (tertiary/aromatic N) is 3. The minimum atomic E-state index is -0.172. The average Bonchev–Trinajstić information content (AvgIpc) is 3.00. The van der Waals surface area contributed by atoms with Crippen molar-refractivity contribution in [2.75, 3.05) is 41.7 Å². The van der Waals surface area contributed by atoms with E-state index in [0.717, 1.165) is 24.5 Å². The summed E-state index contributed by atoms with van der Waals surface area (Å²) in [6, 6.07) is 9.21. The first-order valence-electron chi connectivity index (χ1n) is 8.13. The monoisotopic (exact) mass is 343 g/mol. The Morgan fingerprint density at radius 2 is 1.76 bits per heavy atom. The molecule has 0 spiro atoms. The Labute approximate surface area is 145 Å². The first kappa shape index (κ1) is 16.8. The second-order valence-corrected chi connectivity index (χ2v) is 5.96. The molecule has 1 aliphatic heterocycles. The van der Waals surface area contributed by atoms with Crippen molar-refractivity contribution in [3.8, 4) is 0 Å². The van der Waals surface area contributed by atoms with Crippen LogP contribution < -0.4 is 15.5 Å². The van der Waals surface area contributed by atoms with Crippen LogP contribution >= 0.6 is 0 Å². The highest BCUT2D eigenvalue weighted by atomic mass is 16.5. The molecule has 0 radical (unpaired) electrons. The Morgan fingerprint density at radius 1 is 1.08 bits per heavy atom. The molecule has 1 aromatic heterocycles. The number of amides is 3. The van der Waals surface area contributed by atoms with E-state index in [-0.39, 0.29) is 11.9 Å². The lowest BCUT2D eigenvalue weighted by molar-refractivity contribution is -0.114. The van der Waals surface area contributed by atoms with E-state index in [1.807, 2.05) is 24.3 Å². The van der Waals surface area contributed by atoms with Crippen molar-refractivity contribution < 1.29 is 14.1 Å². The molecular weight excluding hydrogens is 322 g/mol. The summed E-state index contributed by atoms with van der Waals surface area (Å²) in [7, 11) is 0. The van der Waals surface area contributed by atoms with Gasteiger partial charge >= 0.3 is 6.03 Å². The average molecular weight is 343 g/mol. The van der Waals surface area contributed by atoms with Crippen LogP contribution in [0.1, 0.15) is 12.7 Å². The molecule has 0 atom stereocenters. The number of anilines is 3. The lowest BCUT2D eigenvalue weighted by Gasteiger charge is -2.36. The molecule has 1 aliphatic rings. The summed E-state index contributed by atoms with van der Waals surface area (Å²) < 4.78 is 4.94. The topological polar surface area (TPSA) is 90.7 Å². The third-order valence-electron chi connectivity index (χ3n) is 3.98. The van der Waals surface area contributed by atoms with Crippen molar-refractivity contribution in [1.29, 1.82) is 0 Å². The van der Waals surface area contributed by atoms with Gasteiger partial charge in [0.25, 0.3) is 0 Å². The van der Waals surface area contributed by atoms with Gasteiger partial charge in [-0.1, -0.05) is 5.16 Å². The van der Waals surface area contributed by atoms with Crippen LogP contribution in [0.4, 0.5) is 22.0 Å². The van der Waals surface area contributed by atoms with E-state index in [0.29, 0.717) is 24.7 Å². The van der Waals surface area contributed by atoms with Gasteiger partial charge in [-0.3, -0.25) is 10.1 Å². The van der Waals surface area contributed by atoms with Gasteiger partial charge in [0.2, 0.25) is 5.91 Å². The van der Waals surface area contributed by atoms with E-state index in [1.165, 1.54) is 6.92 Å². The number of benzene rings is 1. The summed E-state index contributed by atoms with van der Waals surface area (Å²) in [5.74, 6) is 0.996. The summed E-state index contributed by atoms with van der Waals surface area (Å²) in [5, 5.41) is 9.25. The smallest absolute Gasteiger partial charge is 0.323 e. The molecule has 1 fully saturated rings. The highest BCUT2D eigenvalue weighted by Crippen LogP contribution is 2.20. The Bertz CT molecular complexity index is 748. The molecular formula is C17H21N5O3. The van der Waals surface area contributed by atoms with E-state index in [1.54, 1.807) is 17.9 Å². The molecule has 8 heteroatoms. The minimum absolute atomic E-state index is 0.0883. The molecule has 0 saturated carbocycles. The van der Waals surface area contributed by atoms with Gasteiger partial charge in [0.05, 0.1) is 0 Å². The number of carbonyl (C=O) groups excluding carboxylic acids is 2. The molecule has 3 rings (SSSR count). The van der Waals surface area contributed by atoms with Crippen LogP contribution in [0.2, 0.25) is 0 Å². The number of urea groups is 1. The lowest BCUT2D eigenvalue weighted by Crippen LogP contribution is -2.50. The number of rotatable bonds is 3. The van der Waals surface area contributed by atoms with Crippen LogP contribution in [-0.2, 0) is 4.79 Å². The highest BCUT2D eigenvalue weighted by molar-refractivity contribution is 5.89. The fraction of sp³-hybridized carbons (Fsp3) is 0.353. The van der Waals surface area contributed by atoms with Crippen LogP contribution in [0, 0.1) is 6.92 Å². The minimum Gasteiger partial charge on any atom is -0.368 e. The fourth-order valence-electron chi connectivity index (χ4n) is 2.74. The molecule has 0 unspecified atom stereocenters. The number of piperazine rings is 1. The van der Waals surface area contributed by atoms with Crippen molar-refractivity contribution in [2.45, 2.75) is 13.8 Å². The predicted molar refractivity (Wildman–Crippen MR) is 94.8 cm³/mol. The van der Waals surface area contributed by atoms with Gasteiger partial charge in [0.15, 0.2) is 5.82 Å². The Hall–Kier alpha value is -3.03. The first-order chi connectivity index (χ1) is 12.0. The van der Waals surface area contributed by atoms with Crippen LogP contribution in [-0.4, -0.2) is 48.2 Å². The third-order valence-corrected chi connectivity index (χ3v) is 3.98. The van der Waals surface area contributed by atoms with E-state index in [4.69, 9.17) is 4.52 Å². The van der Waals surface area contributed by atoms with Gasteiger partial charge in [-0.15, -0.1) is 0 Å². The zero-order valence-corrected chi connectivity index (χ0v) is 14.3. The largest absolute Gasteiger partial charge is 0.368 e. The molecule has 8 nitrogen and oxygen atoms in total.